The van der Waals surface area contributed by atoms with E-state index in [0.717, 1.165) is 25.6 Å². The number of benzene rings is 1. The Morgan fingerprint density at radius 1 is 1.21 bits per heavy atom. The molecule has 1 aliphatic rings. The molecule has 4 aromatic rings. The van der Waals surface area contributed by atoms with E-state index in [0.29, 0.717) is 11.5 Å². The largest absolute Gasteiger partial charge is 0.490 e. The van der Waals surface area contributed by atoms with Crippen molar-refractivity contribution in [2.45, 2.75) is 45.0 Å². The number of pyridine rings is 1. The first kappa shape index (κ1) is 26.7. The van der Waals surface area contributed by atoms with Crippen LogP contribution in [0.25, 0.3) is 21.9 Å². The van der Waals surface area contributed by atoms with Gasteiger partial charge in [0.25, 0.3) is 0 Å². The van der Waals surface area contributed by atoms with Gasteiger partial charge in [-0.05, 0) is 60.7 Å². The molecule has 1 aromatic carbocycles. The summed E-state index contributed by atoms with van der Waals surface area (Å²) in [5.41, 5.74) is 1.60. The fourth-order valence-electron chi connectivity index (χ4n) is 4.66. The summed E-state index contributed by atoms with van der Waals surface area (Å²) < 4.78 is 21.8. The summed E-state index contributed by atoms with van der Waals surface area (Å²) in [5.74, 6) is -0.157. The van der Waals surface area contributed by atoms with Gasteiger partial charge in [-0.3, -0.25) is 4.98 Å². The topological polar surface area (TPSA) is 107 Å². The molecule has 0 radical (unpaired) electrons. The van der Waals surface area contributed by atoms with Gasteiger partial charge >= 0.3 is 0 Å². The van der Waals surface area contributed by atoms with E-state index in [-0.39, 0.29) is 12.5 Å². The van der Waals surface area contributed by atoms with Gasteiger partial charge in [0.1, 0.15) is 36.7 Å². The van der Waals surface area contributed by atoms with Crippen LogP contribution in [0.15, 0.2) is 54.0 Å². The molecule has 0 saturated carbocycles. The normalized spacial score (nSPS) is 22.1. The molecule has 1 saturated heterocycles. The molecule has 1 aliphatic heterocycles. The minimum Gasteiger partial charge on any atom is -0.490 e. The van der Waals surface area contributed by atoms with E-state index < -0.39 is 24.2 Å². The van der Waals surface area contributed by atoms with Gasteiger partial charge in [-0.15, -0.1) is 0 Å². The highest BCUT2D eigenvalue weighted by Crippen LogP contribution is 2.40. The number of halogens is 1. The van der Waals surface area contributed by atoms with Crippen LogP contribution in [0.5, 0.6) is 5.75 Å². The van der Waals surface area contributed by atoms with E-state index in [1.807, 2.05) is 67.0 Å². The van der Waals surface area contributed by atoms with E-state index in [1.54, 1.807) is 26.4 Å². The predicted molar refractivity (Wildman–Crippen MR) is 154 cm³/mol. The molecule has 0 aliphatic carbocycles. The molecule has 1 N–H and O–H groups in total. The Balaban J connectivity index is 1.43. The fourth-order valence-corrected chi connectivity index (χ4v) is 5.45. The lowest BCUT2D eigenvalue weighted by molar-refractivity contribution is -0.222. The third-order valence-electron chi connectivity index (χ3n) is 6.33. The van der Waals surface area contributed by atoms with Crippen molar-refractivity contribution >= 4 is 56.7 Å². The number of fused-ring (bicyclic) bond motifs is 2. The molecule has 0 unspecified atom stereocenters. The zero-order chi connectivity index (χ0) is 27.0. The third-order valence-corrected chi connectivity index (χ3v) is 7.37. The smallest absolute Gasteiger partial charge is 0.166 e. The molecule has 11 heteroatoms. The maximum atomic E-state index is 10.5. The molecule has 0 bridgehead atoms. The molecule has 200 valence electrons. The second-order valence-corrected chi connectivity index (χ2v) is 11.2. The average molecular weight is 630 g/mol. The monoisotopic (exact) mass is 630 g/mol. The van der Waals surface area contributed by atoms with Gasteiger partial charge < -0.3 is 28.8 Å². The van der Waals surface area contributed by atoms with Gasteiger partial charge in [-0.1, -0.05) is 13.0 Å². The predicted octanol–water partition coefficient (Wildman–Crippen LogP) is 4.53. The molecule has 4 atom stereocenters. The highest BCUT2D eigenvalue weighted by Gasteiger charge is 2.46. The highest BCUT2D eigenvalue weighted by atomic mass is 127. The average Bonchev–Trinajstić information content (AvgIpc) is 3.43. The molecule has 5 rings (SSSR count). The van der Waals surface area contributed by atoms with Crippen molar-refractivity contribution in [2.75, 3.05) is 20.7 Å². The summed E-state index contributed by atoms with van der Waals surface area (Å²) >= 11 is 2.26. The molecular weight excluding hydrogens is 599 g/mol. The summed E-state index contributed by atoms with van der Waals surface area (Å²) in [4.78, 5) is 19.7. The molecule has 0 amide bonds. The van der Waals surface area contributed by atoms with Gasteiger partial charge in [-0.2, -0.15) is 0 Å². The van der Waals surface area contributed by atoms with Crippen LogP contribution >= 0.6 is 22.6 Å². The first-order chi connectivity index (χ1) is 18.1. The second-order valence-electron chi connectivity index (χ2n) is 10.1. The summed E-state index contributed by atoms with van der Waals surface area (Å²) in [6, 6.07) is 9.82. The van der Waals surface area contributed by atoms with Crippen molar-refractivity contribution in [3.8, 4) is 5.75 Å². The Hall–Kier alpha value is -2.87. The number of rotatable bonds is 8. The number of hydrogen-bond donors (Lipinski definition) is 1. The maximum Gasteiger partial charge on any atom is 0.166 e. The quantitative estimate of drug-likeness (QED) is 0.131. The Morgan fingerprint density at radius 3 is 2.79 bits per heavy atom. The number of aliphatic imine (C=N–C) groups is 1. The van der Waals surface area contributed by atoms with Gasteiger partial charge in [0.2, 0.25) is 0 Å². The highest BCUT2D eigenvalue weighted by molar-refractivity contribution is 14.1. The third kappa shape index (κ3) is 5.46. The first-order valence-corrected chi connectivity index (χ1v) is 13.4. The standard InChI is InChI=1S/C27H31IN6O4/c1-16-23(38-27(2,3)35)20(13-36-19-9-8-17-7-6-11-29-22(17)21(19)28)37-26(16)34-12-10-18-24(32-15-33(4)5)30-14-31-25(18)34/h6-12,14-16,20,23,26,35H,13H2,1-5H3/t16-,20-,23+,26-/m1/s1. The van der Waals surface area contributed by atoms with E-state index >= 15 is 0 Å². The van der Waals surface area contributed by atoms with Crippen LogP contribution in [0.4, 0.5) is 5.82 Å². The number of aromatic nitrogens is 4. The second kappa shape index (κ2) is 10.7. The van der Waals surface area contributed by atoms with E-state index in [9.17, 15) is 5.11 Å². The summed E-state index contributed by atoms with van der Waals surface area (Å²) in [5, 5.41) is 12.4. The lowest BCUT2D eigenvalue weighted by Crippen LogP contribution is -2.40. The molecule has 10 nitrogen and oxygen atoms in total. The van der Waals surface area contributed by atoms with Crippen LogP contribution in [0.3, 0.4) is 0 Å². The molecular formula is C27H31IN6O4. The van der Waals surface area contributed by atoms with Gasteiger partial charge in [0.05, 0.1) is 26.9 Å². The van der Waals surface area contributed by atoms with Crippen molar-refractivity contribution in [1.82, 2.24) is 24.4 Å². The van der Waals surface area contributed by atoms with Crippen molar-refractivity contribution in [3.05, 3.63) is 52.6 Å². The van der Waals surface area contributed by atoms with E-state index in [1.165, 1.54) is 6.33 Å². The van der Waals surface area contributed by atoms with Crippen LogP contribution in [-0.2, 0) is 9.47 Å². The van der Waals surface area contributed by atoms with Gasteiger partial charge in [0, 0.05) is 37.8 Å². The maximum absolute atomic E-state index is 10.5. The Bertz CT molecular complexity index is 1470. The zero-order valence-electron chi connectivity index (χ0n) is 21.9. The molecule has 0 spiro atoms. The zero-order valence-corrected chi connectivity index (χ0v) is 24.1. The van der Waals surface area contributed by atoms with Gasteiger partial charge in [-0.25, -0.2) is 15.0 Å². The summed E-state index contributed by atoms with van der Waals surface area (Å²) in [6.07, 6.45) is 5.64. The van der Waals surface area contributed by atoms with Gasteiger partial charge in [0.15, 0.2) is 11.6 Å². The Morgan fingerprint density at radius 2 is 2.03 bits per heavy atom. The van der Waals surface area contributed by atoms with Crippen LogP contribution in [0.1, 0.15) is 27.0 Å². The summed E-state index contributed by atoms with van der Waals surface area (Å²) in [7, 11) is 3.81. The van der Waals surface area contributed by atoms with Crippen LogP contribution in [-0.4, -0.2) is 74.6 Å². The lowest BCUT2D eigenvalue weighted by atomic mass is 10.0. The number of hydrogen-bond acceptors (Lipinski definition) is 8. The number of ether oxygens (including phenoxy) is 3. The lowest BCUT2D eigenvalue weighted by Gasteiger charge is -2.29. The molecule has 38 heavy (non-hydrogen) atoms. The van der Waals surface area contributed by atoms with Crippen LogP contribution in [0.2, 0.25) is 0 Å². The van der Waals surface area contributed by atoms with E-state index in [2.05, 4.69) is 42.5 Å². The first-order valence-electron chi connectivity index (χ1n) is 12.4. The Kier molecular flexibility index (Phi) is 7.54. The minimum atomic E-state index is -1.34. The van der Waals surface area contributed by atoms with Crippen molar-refractivity contribution in [2.24, 2.45) is 10.9 Å². The van der Waals surface area contributed by atoms with Crippen molar-refractivity contribution < 1.29 is 19.3 Å². The fraction of sp³-hybridized carbons (Fsp3) is 0.407. The molecule has 1 fully saturated rings. The minimum absolute atomic E-state index is 0.119. The molecule has 3 aromatic heterocycles. The molecule has 4 heterocycles. The summed E-state index contributed by atoms with van der Waals surface area (Å²) in [6.45, 7) is 5.53. The number of nitrogens with zero attached hydrogens (tertiary/aromatic N) is 6. The van der Waals surface area contributed by atoms with Crippen LogP contribution in [0, 0.1) is 9.49 Å². The number of aliphatic hydroxyl groups is 1. The van der Waals surface area contributed by atoms with Crippen molar-refractivity contribution in [3.63, 3.8) is 0 Å². The SMILES string of the molecule is C[C@@H]1[C@H](OC(C)(C)O)[C@@H](COc2ccc3cccnc3c2I)O[C@H]1n1ccc2c(N=CN(C)C)ncnc21. The van der Waals surface area contributed by atoms with Crippen molar-refractivity contribution in [1.29, 1.82) is 0 Å². The van der Waals surface area contributed by atoms with Crippen LogP contribution < -0.4 is 4.74 Å². The van der Waals surface area contributed by atoms with E-state index in [4.69, 9.17) is 14.2 Å². The Labute approximate surface area is 234 Å².